The van der Waals surface area contributed by atoms with Gasteiger partial charge in [0, 0.05) is 22.3 Å². The monoisotopic (exact) mass is 362 g/mol. The summed E-state index contributed by atoms with van der Waals surface area (Å²) in [7, 11) is 0. The first-order valence-electron chi connectivity index (χ1n) is 7.74. The van der Waals surface area contributed by atoms with Gasteiger partial charge in [-0.3, -0.25) is 0 Å². The van der Waals surface area contributed by atoms with Crippen molar-refractivity contribution in [3.8, 4) is 23.3 Å². The van der Waals surface area contributed by atoms with Crippen molar-refractivity contribution in [1.82, 2.24) is 9.55 Å². The van der Waals surface area contributed by atoms with Gasteiger partial charge in [0.25, 0.3) is 0 Å². The van der Waals surface area contributed by atoms with Gasteiger partial charge in [-0.1, -0.05) is 12.1 Å². The molecular weight excluding hydrogens is 348 g/mol. The van der Waals surface area contributed by atoms with E-state index < -0.39 is 5.97 Å². The highest BCUT2D eigenvalue weighted by molar-refractivity contribution is 7.09. The minimum Gasteiger partial charge on any atom is -0.478 e. The molecule has 7 heteroatoms. The molecular formula is C19H14N4O2S. The Labute approximate surface area is 154 Å². The number of aromatic carboxylic acids is 1. The number of hydrogen-bond donors (Lipinski definition) is 1. The molecule has 6 nitrogen and oxygen atoms in total. The molecule has 1 aromatic carbocycles. The summed E-state index contributed by atoms with van der Waals surface area (Å²) >= 11 is 1.37. The molecule has 0 fully saturated rings. The van der Waals surface area contributed by atoms with Gasteiger partial charge in [0.05, 0.1) is 23.7 Å². The van der Waals surface area contributed by atoms with E-state index in [2.05, 4.69) is 11.1 Å². The fraction of sp³-hybridized carbons (Fsp3) is 0.158. The van der Waals surface area contributed by atoms with Gasteiger partial charge in [-0.2, -0.15) is 10.5 Å². The lowest BCUT2D eigenvalue weighted by molar-refractivity contribution is 0.0697. The lowest BCUT2D eigenvalue weighted by atomic mass is 9.99. The first-order chi connectivity index (χ1) is 12.5. The Morgan fingerprint density at radius 2 is 1.88 bits per heavy atom. The molecule has 2 aromatic heterocycles. The zero-order chi connectivity index (χ0) is 18.8. The van der Waals surface area contributed by atoms with Gasteiger partial charge < -0.3 is 9.67 Å². The Balaban J connectivity index is 2.13. The predicted octanol–water partition coefficient (Wildman–Crippen LogP) is 3.72. The van der Waals surface area contributed by atoms with E-state index in [1.807, 2.05) is 17.6 Å². The van der Waals surface area contributed by atoms with Crippen LogP contribution in [0.4, 0.5) is 0 Å². The van der Waals surface area contributed by atoms with Crippen LogP contribution in [0.5, 0.6) is 0 Å². The van der Waals surface area contributed by atoms with Crippen LogP contribution in [0.2, 0.25) is 0 Å². The zero-order valence-corrected chi connectivity index (χ0v) is 15.0. The Kier molecular flexibility index (Phi) is 4.57. The van der Waals surface area contributed by atoms with Gasteiger partial charge in [0.1, 0.15) is 11.1 Å². The van der Waals surface area contributed by atoms with Crippen LogP contribution in [0.15, 0.2) is 29.6 Å². The number of carbonyl (C=O) groups is 1. The number of nitriles is 2. The highest BCUT2D eigenvalue weighted by atomic mass is 32.1. The number of carboxylic acids is 1. The summed E-state index contributed by atoms with van der Waals surface area (Å²) in [6.45, 7) is 4.04. The summed E-state index contributed by atoms with van der Waals surface area (Å²) < 4.78 is 1.90. The number of thiazole rings is 1. The van der Waals surface area contributed by atoms with Crippen LogP contribution in [0.1, 0.15) is 38.0 Å². The molecule has 0 aliphatic heterocycles. The number of aromatic nitrogens is 2. The molecule has 0 spiro atoms. The van der Waals surface area contributed by atoms with Crippen LogP contribution >= 0.6 is 11.3 Å². The largest absolute Gasteiger partial charge is 0.478 e. The second-order valence-electron chi connectivity index (χ2n) is 5.74. The average molecular weight is 362 g/mol. The first kappa shape index (κ1) is 17.4. The average Bonchev–Trinajstić information content (AvgIpc) is 3.19. The van der Waals surface area contributed by atoms with Crippen LogP contribution in [-0.2, 0) is 6.54 Å². The van der Waals surface area contributed by atoms with Crippen LogP contribution in [0.3, 0.4) is 0 Å². The van der Waals surface area contributed by atoms with Gasteiger partial charge in [-0.15, -0.1) is 11.3 Å². The molecule has 3 rings (SSSR count). The van der Waals surface area contributed by atoms with E-state index >= 15 is 0 Å². The van der Waals surface area contributed by atoms with Crippen molar-refractivity contribution in [2.45, 2.75) is 20.4 Å². The Morgan fingerprint density at radius 3 is 2.42 bits per heavy atom. The van der Waals surface area contributed by atoms with Crippen molar-refractivity contribution in [2.75, 3.05) is 0 Å². The summed E-state index contributed by atoms with van der Waals surface area (Å²) in [5.74, 6) is -0.999. The van der Waals surface area contributed by atoms with Gasteiger partial charge in [0.15, 0.2) is 5.69 Å². The van der Waals surface area contributed by atoms with E-state index in [9.17, 15) is 9.90 Å². The van der Waals surface area contributed by atoms with Crippen molar-refractivity contribution in [1.29, 1.82) is 10.5 Å². The molecule has 0 unspecified atom stereocenters. The van der Waals surface area contributed by atoms with Gasteiger partial charge in [0.2, 0.25) is 0 Å². The van der Waals surface area contributed by atoms with Crippen LogP contribution in [0.25, 0.3) is 11.1 Å². The molecule has 0 aliphatic rings. The predicted molar refractivity (Wildman–Crippen MR) is 96.9 cm³/mol. The van der Waals surface area contributed by atoms with Gasteiger partial charge in [-0.05, 0) is 31.5 Å². The van der Waals surface area contributed by atoms with Crippen molar-refractivity contribution in [2.24, 2.45) is 0 Å². The Bertz CT molecular complexity index is 1080. The highest BCUT2D eigenvalue weighted by Crippen LogP contribution is 2.33. The molecule has 0 bridgehead atoms. The zero-order valence-electron chi connectivity index (χ0n) is 14.1. The molecule has 3 aromatic rings. The van der Waals surface area contributed by atoms with Crippen LogP contribution < -0.4 is 0 Å². The van der Waals surface area contributed by atoms with E-state index in [4.69, 9.17) is 10.5 Å². The van der Waals surface area contributed by atoms with Crippen molar-refractivity contribution in [3.63, 3.8) is 0 Å². The molecule has 0 saturated heterocycles. The third kappa shape index (κ3) is 2.97. The lowest BCUT2D eigenvalue weighted by Crippen LogP contribution is -2.05. The first-order valence-corrected chi connectivity index (χ1v) is 8.62. The van der Waals surface area contributed by atoms with E-state index in [1.54, 1.807) is 36.6 Å². The quantitative estimate of drug-likeness (QED) is 0.762. The molecule has 128 valence electrons. The highest BCUT2D eigenvalue weighted by Gasteiger charge is 2.24. The number of hydrogen-bond acceptors (Lipinski definition) is 5. The maximum absolute atomic E-state index is 11.9. The molecule has 0 atom stereocenters. The standard InChI is InChI=1S/C19H14N4O2S/c1-11-17(14-5-3-13(7-20)4-6-14)18(19(24)25)12(2)23(11)9-16-22-15(8-21)10-26-16/h3-6,10H,9H2,1-2H3,(H,24,25). The van der Waals surface area contributed by atoms with Gasteiger partial charge in [-0.25, -0.2) is 9.78 Å². The fourth-order valence-corrected chi connectivity index (χ4v) is 3.72. The third-order valence-electron chi connectivity index (χ3n) is 4.26. The van der Waals surface area contributed by atoms with Crippen molar-refractivity contribution >= 4 is 17.3 Å². The maximum atomic E-state index is 11.9. The van der Waals surface area contributed by atoms with Crippen molar-refractivity contribution in [3.05, 3.63) is 62.9 Å². The van der Waals surface area contributed by atoms with Crippen LogP contribution in [0, 0.1) is 36.5 Å². The second-order valence-corrected chi connectivity index (χ2v) is 6.68. The second kappa shape index (κ2) is 6.83. The summed E-state index contributed by atoms with van der Waals surface area (Å²) in [4.78, 5) is 16.1. The van der Waals surface area contributed by atoms with E-state index in [0.717, 1.165) is 16.3 Å². The summed E-state index contributed by atoms with van der Waals surface area (Å²) in [6.07, 6.45) is 0. The smallest absolute Gasteiger partial charge is 0.338 e. The minimum atomic E-state index is -0.999. The molecule has 2 heterocycles. The maximum Gasteiger partial charge on any atom is 0.338 e. The van der Waals surface area contributed by atoms with Crippen molar-refractivity contribution < 1.29 is 9.90 Å². The summed E-state index contributed by atoms with van der Waals surface area (Å²) in [5, 5.41) is 30.0. The number of carboxylic acid groups (broad SMARTS) is 1. The topological polar surface area (TPSA) is 103 Å². The van der Waals surface area contributed by atoms with E-state index in [0.29, 0.717) is 29.1 Å². The summed E-state index contributed by atoms with van der Waals surface area (Å²) in [5.41, 5.74) is 3.93. The minimum absolute atomic E-state index is 0.240. The van der Waals surface area contributed by atoms with E-state index in [-0.39, 0.29) is 5.56 Å². The molecule has 0 saturated carbocycles. The number of benzene rings is 1. The molecule has 26 heavy (non-hydrogen) atoms. The lowest BCUT2D eigenvalue weighted by Gasteiger charge is -2.08. The normalized spacial score (nSPS) is 10.3. The molecule has 1 N–H and O–H groups in total. The summed E-state index contributed by atoms with van der Waals surface area (Å²) in [6, 6.07) is 10.9. The Hall–Kier alpha value is -3.42. The van der Waals surface area contributed by atoms with E-state index in [1.165, 1.54) is 11.3 Å². The number of nitrogens with zero attached hydrogens (tertiary/aromatic N) is 4. The fourth-order valence-electron chi connectivity index (χ4n) is 3.02. The third-order valence-corrected chi connectivity index (χ3v) is 5.09. The van der Waals surface area contributed by atoms with Crippen LogP contribution in [-0.4, -0.2) is 20.6 Å². The SMILES string of the molecule is Cc1c(C(=O)O)c(-c2ccc(C#N)cc2)c(C)n1Cc1nc(C#N)cs1. The molecule has 0 radical (unpaired) electrons. The molecule has 0 amide bonds. The molecule has 0 aliphatic carbocycles. The van der Waals surface area contributed by atoms with Gasteiger partial charge >= 0.3 is 5.97 Å². The number of rotatable bonds is 4. The Morgan fingerprint density at radius 1 is 1.19 bits per heavy atom.